The van der Waals surface area contributed by atoms with Crippen LogP contribution in [-0.4, -0.2) is 47.1 Å². The highest BCUT2D eigenvalue weighted by atomic mass is 16.5. The van der Waals surface area contributed by atoms with E-state index in [2.05, 4.69) is 5.10 Å². The van der Waals surface area contributed by atoms with Crippen LogP contribution in [0.3, 0.4) is 0 Å². The zero-order valence-corrected chi connectivity index (χ0v) is 10.5. The van der Waals surface area contributed by atoms with E-state index in [1.54, 1.807) is 5.01 Å². The average Bonchev–Trinajstić information content (AvgIpc) is 2.57. The molecule has 0 radical (unpaired) electrons. The van der Waals surface area contributed by atoms with Crippen molar-refractivity contribution in [2.75, 3.05) is 13.2 Å². The predicted octanol–water partition coefficient (Wildman–Crippen LogP) is 0.915. The number of ether oxygens (including phenoxy) is 1. The van der Waals surface area contributed by atoms with Gasteiger partial charge in [-0.3, -0.25) is 4.79 Å². The van der Waals surface area contributed by atoms with Crippen LogP contribution in [0.2, 0.25) is 0 Å². The number of aliphatic hydroxyl groups is 1. The Bertz CT molecular complexity index is 369. The molecule has 1 saturated carbocycles. The molecule has 1 aliphatic carbocycles. The van der Waals surface area contributed by atoms with Crippen molar-refractivity contribution in [3.05, 3.63) is 0 Å². The molecule has 3 rings (SSSR count). The molecule has 2 fully saturated rings. The van der Waals surface area contributed by atoms with Crippen molar-refractivity contribution < 1.29 is 14.6 Å². The first-order valence-corrected chi connectivity index (χ1v) is 6.93. The molecule has 100 valence electrons. The van der Waals surface area contributed by atoms with Crippen LogP contribution in [0.4, 0.5) is 0 Å². The summed E-state index contributed by atoms with van der Waals surface area (Å²) in [4.78, 5) is 12.3. The van der Waals surface area contributed by atoms with E-state index in [1.807, 2.05) is 0 Å². The Balaban J connectivity index is 1.79. The van der Waals surface area contributed by atoms with Crippen molar-refractivity contribution in [1.29, 1.82) is 0 Å². The summed E-state index contributed by atoms with van der Waals surface area (Å²) >= 11 is 0. The first-order chi connectivity index (χ1) is 8.77. The molecule has 2 aliphatic heterocycles. The number of fused-ring (bicyclic) bond motifs is 1. The minimum absolute atomic E-state index is 0.0237. The Hall–Kier alpha value is -0.940. The van der Waals surface area contributed by atoms with Crippen LogP contribution in [-0.2, 0) is 9.53 Å². The van der Waals surface area contributed by atoms with E-state index in [-0.39, 0.29) is 17.9 Å². The zero-order chi connectivity index (χ0) is 12.5. The molecule has 3 unspecified atom stereocenters. The van der Waals surface area contributed by atoms with E-state index in [1.165, 1.54) is 0 Å². The van der Waals surface area contributed by atoms with E-state index in [0.717, 1.165) is 44.2 Å². The van der Waals surface area contributed by atoms with Gasteiger partial charge in [0.1, 0.15) is 5.92 Å². The molecular formula is C13H20N2O3. The molecule has 1 saturated heterocycles. The van der Waals surface area contributed by atoms with Crippen LogP contribution in [0.5, 0.6) is 0 Å². The van der Waals surface area contributed by atoms with Gasteiger partial charge in [-0.25, -0.2) is 5.01 Å². The van der Waals surface area contributed by atoms with Crippen LogP contribution < -0.4 is 0 Å². The molecule has 0 spiro atoms. The number of aliphatic hydroxyl groups excluding tert-OH is 1. The molecule has 3 atom stereocenters. The smallest absolute Gasteiger partial charge is 0.254 e. The van der Waals surface area contributed by atoms with Gasteiger partial charge in [-0.1, -0.05) is 19.3 Å². The van der Waals surface area contributed by atoms with Gasteiger partial charge in [0, 0.05) is 6.42 Å². The maximum Gasteiger partial charge on any atom is 0.254 e. The molecule has 1 amide bonds. The van der Waals surface area contributed by atoms with Crippen molar-refractivity contribution >= 4 is 11.6 Å². The van der Waals surface area contributed by atoms with E-state index in [9.17, 15) is 9.90 Å². The van der Waals surface area contributed by atoms with E-state index >= 15 is 0 Å². The molecule has 2 heterocycles. The van der Waals surface area contributed by atoms with Crippen molar-refractivity contribution in [2.45, 2.75) is 50.7 Å². The van der Waals surface area contributed by atoms with Gasteiger partial charge in [-0.15, -0.1) is 0 Å². The number of hydrazone groups is 1. The predicted molar refractivity (Wildman–Crippen MR) is 66.1 cm³/mol. The van der Waals surface area contributed by atoms with Crippen molar-refractivity contribution in [3.63, 3.8) is 0 Å². The molecule has 1 N–H and O–H groups in total. The molecule has 0 aromatic heterocycles. The second-order valence-electron chi connectivity index (χ2n) is 5.42. The number of hydrogen-bond acceptors (Lipinski definition) is 4. The molecule has 3 aliphatic rings. The van der Waals surface area contributed by atoms with Gasteiger partial charge >= 0.3 is 0 Å². The summed E-state index contributed by atoms with van der Waals surface area (Å²) < 4.78 is 5.35. The minimum Gasteiger partial charge on any atom is -0.391 e. The SMILES string of the molecule is O=C1C2COCCC2=NN1C1CCCCCC1O. The topological polar surface area (TPSA) is 62.1 Å². The lowest BCUT2D eigenvalue weighted by Gasteiger charge is -2.28. The third-order valence-electron chi connectivity index (χ3n) is 4.21. The number of rotatable bonds is 1. The number of carbonyl (C=O) groups is 1. The van der Waals surface area contributed by atoms with Gasteiger partial charge in [0.15, 0.2) is 0 Å². The van der Waals surface area contributed by atoms with Crippen LogP contribution in [0.25, 0.3) is 0 Å². The molecular weight excluding hydrogens is 232 g/mol. The number of carbonyl (C=O) groups excluding carboxylic acids is 1. The summed E-state index contributed by atoms with van der Waals surface area (Å²) in [6.07, 6.45) is 5.20. The molecule has 0 aromatic carbocycles. The summed E-state index contributed by atoms with van der Waals surface area (Å²) in [5.74, 6) is -0.162. The lowest BCUT2D eigenvalue weighted by Crippen LogP contribution is -2.44. The van der Waals surface area contributed by atoms with Gasteiger partial charge in [0.25, 0.3) is 5.91 Å². The summed E-state index contributed by atoms with van der Waals surface area (Å²) in [5.41, 5.74) is 0.947. The van der Waals surface area contributed by atoms with Crippen LogP contribution in [0.15, 0.2) is 5.10 Å². The van der Waals surface area contributed by atoms with Gasteiger partial charge in [0.2, 0.25) is 0 Å². The van der Waals surface area contributed by atoms with Gasteiger partial charge in [0.05, 0.1) is 31.1 Å². The molecule has 0 bridgehead atoms. The highest BCUT2D eigenvalue weighted by Gasteiger charge is 2.42. The van der Waals surface area contributed by atoms with Crippen LogP contribution in [0.1, 0.15) is 38.5 Å². The number of hydrogen-bond donors (Lipinski definition) is 1. The average molecular weight is 252 g/mol. The molecule has 18 heavy (non-hydrogen) atoms. The summed E-state index contributed by atoms with van der Waals surface area (Å²) in [6.45, 7) is 1.11. The fraction of sp³-hybridized carbons (Fsp3) is 0.846. The minimum atomic E-state index is -0.429. The van der Waals surface area contributed by atoms with E-state index in [0.29, 0.717) is 13.2 Å². The Morgan fingerprint density at radius 3 is 2.94 bits per heavy atom. The maximum atomic E-state index is 12.3. The van der Waals surface area contributed by atoms with E-state index in [4.69, 9.17) is 4.74 Å². The second kappa shape index (κ2) is 4.97. The lowest BCUT2D eigenvalue weighted by molar-refractivity contribution is -0.138. The summed E-state index contributed by atoms with van der Waals surface area (Å²) in [5, 5.41) is 16.2. The highest BCUT2D eigenvalue weighted by molar-refractivity contribution is 6.08. The van der Waals surface area contributed by atoms with Crippen molar-refractivity contribution in [1.82, 2.24) is 5.01 Å². The summed E-state index contributed by atoms with van der Waals surface area (Å²) in [6, 6.07) is -0.127. The highest BCUT2D eigenvalue weighted by Crippen LogP contribution is 2.29. The van der Waals surface area contributed by atoms with Gasteiger partial charge < -0.3 is 9.84 Å². The first kappa shape index (κ1) is 12.1. The molecule has 5 heteroatoms. The third-order valence-corrected chi connectivity index (χ3v) is 4.21. The van der Waals surface area contributed by atoms with E-state index < -0.39 is 6.10 Å². The maximum absolute atomic E-state index is 12.3. The Labute approximate surface area is 107 Å². The number of nitrogens with zero attached hydrogens (tertiary/aromatic N) is 2. The lowest BCUT2D eigenvalue weighted by atomic mass is 9.99. The third kappa shape index (κ3) is 2.06. The Kier molecular flexibility index (Phi) is 3.35. The standard InChI is InChI=1S/C13H20N2O3/c16-12-5-3-1-2-4-11(12)15-13(17)9-8-18-7-6-10(9)14-15/h9,11-12,16H,1-8H2. The summed E-state index contributed by atoms with van der Waals surface area (Å²) in [7, 11) is 0. The van der Waals surface area contributed by atoms with Gasteiger partial charge in [-0.2, -0.15) is 5.10 Å². The quantitative estimate of drug-likeness (QED) is 0.706. The number of amides is 1. The molecule has 5 nitrogen and oxygen atoms in total. The second-order valence-corrected chi connectivity index (χ2v) is 5.42. The van der Waals surface area contributed by atoms with Crippen LogP contribution in [0, 0.1) is 5.92 Å². The van der Waals surface area contributed by atoms with Crippen molar-refractivity contribution in [3.8, 4) is 0 Å². The normalized spacial score (nSPS) is 37.2. The largest absolute Gasteiger partial charge is 0.391 e. The van der Waals surface area contributed by atoms with Crippen LogP contribution >= 0.6 is 0 Å². The Morgan fingerprint density at radius 2 is 2.11 bits per heavy atom. The van der Waals surface area contributed by atoms with Gasteiger partial charge in [-0.05, 0) is 12.8 Å². The monoisotopic (exact) mass is 252 g/mol. The van der Waals surface area contributed by atoms with Crippen molar-refractivity contribution in [2.24, 2.45) is 11.0 Å². The fourth-order valence-electron chi connectivity index (χ4n) is 3.12. The zero-order valence-electron chi connectivity index (χ0n) is 10.5. The Morgan fingerprint density at radius 1 is 1.28 bits per heavy atom. The fourth-order valence-corrected chi connectivity index (χ4v) is 3.12. The first-order valence-electron chi connectivity index (χ1n) is 6.93. The molecule has 0 aromatic rings.